The Morgan fingerprint density at radius 1 is 1.25 bits per heavy atom. The van der Waals surface area contributed by atoms with Gasteiger partial charge < -0.3 is 15.3 Å². The molecule has 0 fully saturated rings. The molecule has 1 aromatic carbocycles. The molecule has 0 bridgehead atoms. The van der Waals surface area contributed by atoms with Crippen LogP contribution >= 0.6 is 0 Å². The van der Waals surface area contributed by atoms with E-state index >= 15 is 0 Å². The molecule has 0 saturated heterocycles. The van der Waals surface area contributed by atoms with Gasteiger partial charge in [0.15, 0.2) is 0 Å². The Morgan fingerprint density at radius 3 is 2.75 bits per heavy atom. The zero-order chi connectivity index (χ0) is 14.3. The van der Waals surface area contributed by atoms with E-state index in [0.717, 1.165) is 29.1 Å². The lowest BCUT2D eigenvalue weighted by molar-refractivity contribution is 0.778. The number of para-hydroxylation sites is 1. The van der Waals surface area contributed by atoms with Crippen LogP contribution in [0.4, 0.5) is 0 Å². The molecule has 2 aromatic heterocycles. The van der Waals surface area contributed by atoms with Crippen LogP contribution in [0.25, 0.3) is 22.2 Å². The highest BCUT2D eigenvalue weighted by Gasteiger charge is 2.18. The average Bonchev–Trinajstić information content (AvgIpc) is 2.89. The van der Waals surface area contributed by atoms with E-state index in [4.69, 9.17) is 10.7 Å². The fourth-order valence-electron chi connectivity index (χ4n) is 2.86. The molecule has 0 unspecified atom stereocenters. The molecule has 0 atom stereocenters. The third-order valence-corrected chi connectivity index (χ3v) is 3.95. The van der Waals surface area contributed by atoms with Crippen LogP contribution in [-0.2, 0) is 13.5 Å². The Bertz CT molecular complexity index is 764. The Morgan fingerprint density at radius 2 is 2.00 bits per heavy atom. The first kappa shape index (κ1) is 12.9. The van der Waals surface area contributed by atoms with Gasteiger partial charge in [-0.25, -0.2) is 4.98 Å². The number of H-pyrrole nitrogens is 1. The van der Waals surface area contributed by atoms with Gasteiger partial charge in [-0.05, 0) is 26.5 Å². The standard InChI is InChI=1S/C16H20N4/c1-10-15(12-6-4-5-7-13(12)18-10)16-14(8-9-17)20(3)11(2)19-16/h4-7,18H,8-9,17H2,1-3H3. The highest BCUT2D eigenvalue weighted by Crippen LogP contribution is 2.33. The first-order valence-electron chi connectivity index (χ1n) is 6.93. The van der Waals surface area contributed by atoms with Gasteiger partial charge in [0.2, 0.25) is 0 Å². The molecule has 0 aliphatic carbocycles. The second-order valence-electron chi connectivity index (χ2n) is 5.22. The molecule has 4 heteroatoms. The van der Waals surface area contributed by atoms with E-state index in [2.05, 4.69) is 41.7 Å². The summed E-state index contributed by atoms with van der Waals surface area (Å²) in [6, 6.07) is 8.36. The van der Waals surface area contributed by atoms with Crippen molar-refractivity contribution in [3.63, 3.8) is 0 Å². The van der Waals surface area contributed by atoms with Crippen LogP contribution in [0.2, 0.25) is 0 Å². The van der Waals surface area contributed by atoms with Crippen molar-refractivity contribution >= 4 is 10.9 Å². The number of imidazole rings is 1. The van der Waals surface area contributed by atoms with Gasteiger partial charge >= 0.3 is 0 Å². The Hall–Kier alpha value is -2.07. The van der Waals surface area contributed by atoms with Crippen molar-refractivity contribution in [1.82, 2.24) is 14.5 Å². The zero-order valence-electron chi connectivity index (χ0n) is 12.2. The maximum absolute atomic E-state index is 5.76. The zero-order valence-corrected chi connectivity index (χ0v) is 12.2. The molecule has 0 radical (unpaired) electrons. The lowest BCUT2D eigenvalue weighted by atomic mass is 10.0. The van der Waals surface area contributed by atoms with E-state index in [-0.39, 0.29) is 0 Å². The van der Waals surface area contributed by atoms with Crippen molar-refractivity contribution in [2.24, 2.45) is 12.8 Å². The average molecular weight is 268 g/mol. The summed E-state index contributed by atoms with van der Waals surface area (Å²) in [5, 5.41) is 1.22. The van der Waals surface area contributed by atoms with Crippen LogP contribution in [0, 0.1) is 13.8 Å². The molecule has 0 saturated carbocycles. The normalized spacial score (nSPS) is 11.4. The number of nitrogens with one attached hydrogen (secondary N) is 1. The summed E-state index contributed by atoms with van der Waals surface area (Å²) in [6.07, 6.45) is 0.839. The van der Waals surface area contributed by atoms with Gasteiger partial charge in [0, 0.05) is 41.3 Å². The van der Waals surface area contributed by atoms with Gasteiger partial charge in [-0.3, -0.25) is 0 Å². The fourth-order valence-corrected chi connectivity index (χ4v) is 2.86. The van der Waals surface area contributed by atoms with E-state index in [0.29, 0.717) is 6.54 Å². The van der Waals surface area contributed by atoms with Gasteiger partial charge in [0.05, 0.1) is 5.69 Å². The van der Waals surface area contributed by atoms with Gasteiger partial charge in [-0.15, -0.1) is 0 Å². The van der Waals surface area contributed by atoms with Gasteiger partial charge in [0.1, 0.15) is 5.82 Å². The van der Waals surface area contributed by atoms with Crippen LogP contribution in [0.3, 0.4) is 0 Å². The minimum Gasteiger partial charge on any atom is -0.358 e. The number of aryl methyl sites for hydroxylation is 2. The second kappa shape index (κ2) is 4.80. The predicted molar refractivity (Wildman–Crippen MR) is 82.7 cm³/mol. The molecule has 2 heterocycles. The second-order valence-corrected chi connectivity index (χ2v) is 5.22. The SMILES string of the molecule is Cc1[nH]c2ccccc2c1-c1nc(C)n(C)c1CCN. The maximum atomic E-state index is 5.76. The third-order valence-electron chi connectivity index (χ3n) is 3.95. The van der Waals surface area contributed by atoms with Gasteiger partial charge in [-0.2, -0.15) is 0 Å². The summed E-state index contributed by atoms with van der Waals surface area (Å²) in [6.45, 7) is 4.77. The molecule has 0 aliphatic heterocycles. The third kappa shape index (κ3) is 1.84. The van der Waals surface area contributed by atoms with Crippen molar-refractivity contribution in [2.45, 2.75) is 20.3 Å². The summed E-state index contributed by atoms with van der Waals surface area (Å²) in [7, 11) is 2.06. The summed E-state index contributed by atoms with van der Waals surface area (Å²) in [5.74, 6) is 1.02. The number of nitrogens with two attached hydrogens (primary N) is 1. The predicted octanol–water partition coefficient (Wildman–Crippen LogP) is 2.69. The molecule has 0 amide bonds. The van der Waals surface area contributed by atoms with Crippen molar-refractivity contribution in [3.05, 3.63) is 41.5 Å². The van der Waals surface area contributed by atoms with E-state index in [1.54, 1.807) is 0 Å². The fraction of sp³-hybridized carbons (Fsp3) is 0.312. The maximum Gasteiger partial charge on any atom is 0.106 e. The van der Waals surface area contributed by atoms with E-state index < -0.39 is 0 Å². The summed E-state index contributed by atoms with van der Waals surface area (Å²) in [5.41, 5.74) is 11.5. The molecule has 104 valence electrons. The largest absolute Gasteiger partial charge is 0.358 e. The highest BCUT2D eigenvalue weighted by atomic mass is 15.1. The summed E-state index contributed by atoms with van der Waals surface area (Å²) >= 11 is 0. The lowest BCUT2D eigenvalue weighted by Gasteiger charge is -2.05. The van der Waals surface area contributed by atoms with Crippen LogP contribution in [0.15, 0.2) is 24.3 Å². The van der Waals surface area contributed by atoms with E-state index in [1.165, 1.54) is 16.6 Å². The molecule has 0 aliphatic rings. The molecule has 3 N–H and O–H groups in total. The Labute approximate surface area is 118 Å². The van der Waals surface area contributed by atoms with Crippen molar-refractivity contribution in [3.8, 4) is 11.3 Å². The smallest absolute Gasteiger partial charge is 0.106 e. The molecule has 0 spiro atoms. The topological polar surface area (TPSA) is 59.6 Å². The van der Waals surface area contributed by atoms with E-state index in [1.807, 2.05) is 13.0 Å². The molecule has 3 rings (SSSR count). The number of hydrogen-bond donors (Lipinski definition) is 2. The summed E-state index contributed by atoms with van der Waals surface area (Å²) < 4.78 is 2.14. The first-order chi connectivity index (χ1) is 9.63. The minimum absolute atomic E-state index is 0.632. The molecule has 20 heavy (non-hydrogen) atoms. The Balaban J connectivity index is 2.31. The number of benzene rings is 1. The molecule has 4 nitrogen and oxygen atoms in total. The van der Waals surface area contributed by atoms with Gasteiger partial charge in [-0.1, -0.05) is 18.2 Å². The number of aromatic nitrogens is 3. The first-order valence-corrected chi connectivity index (χ1v) is 6.93. The van der Waals surface area contributed by atoms with E-state index in [9.17, 15) is 0 Å². The number of rotatable bonds is 3. The van der Waals surface area contributed by atoms with Crippen molar-refractivity contribution in [2.75, 3.05) is 6.54 Å². The summed E-state index contributed by atoms with van der Waals surface area (Å²) in [4.78, 5) is 8.21. The molecule has 3 aromatic rings. The van der Waals surface area contributed by atoms with Crippen LogP contribution in [0.5, 0.6) is 0 Å². The minimum atomic E-state index is 0.632. The molecular weight excluding hydrogens is 248 g/mol. The van der Waals surface area contributed by atoms with Crippen LogP contribution in [0.1, 0.15) is 17.2 Å². The number of nitrogens with zero attached hydrogens (tertiary/aromatic N) is 2. The van der Waals surface area contributed by atoms with Gasteiger partial charge in [0.25, 0.3) is 0 Å². The quantitative estimate of drug-likeness (QED) is 0.767. The van der Waals surface area contributed by atoms with Crippen molar-refractivity contribution in [1.29, 1.82) is 0 Å². The monoisotopic (exact) mass is 268 g/mol. The highest BCUT2D eigenvalue weighted by molar-refractivity contribution is 5.97. The number of hydrogen-bond acceptors (Lipinski definition) is 2. The van der Waals surface area contributed by atoms with Crippen LogP contribution in [-0.4, -0.2) is 21.1 Å². The number of aromatic amines is 1. The lowest BCUT2D eigenvalue weighted by Crippen LogP contribution is -2.08. The van der Waals surface area contributed by atoms with Crippen LogP contribution < -0.4 is 5.73 Å². The Kier molecular flexibility index (Phi) is 3.10. The number of fused-ring (bicyclic) bond motifs is 1. The molecular formula is C16H20N4. The van der Waals surface area contributed by atoms with Crippen molar-refractivity contribution < 1.29 is 0 Å².